The standard InChI is InChI=1S/C30H31ClN4O6/c31-21-9-22-28(34-29(32-22)41-24-12-40-26-23(38)11-39-27(24)26)33-25(21)20-7-5-19(6-8-20)18-3-1-17(2-4-18)10-35-13-30(14-35,15-36)16-37/h1-9,23-24,26-27,36-38H,10-16H2,(H,32,33,34)/t23-,24-,26-,27-/m1/s1. The molecule has 3 aliphatic rings. The number of aromatic amines is 1. The number of fused-ring (bicyclic) bond motifs is 2. The van der Waals surface area contributed by atoms with E-state index in [1.165, 1.54) is 5.56 Å². The molecule has 7 rings (SSSR count). The molecule has 0 aliphatic carbocycles. The number of benzene rings is 2. The molecule has 4 aromatic rings. The number of likely N-dealkylation sites (tertiary alicyclic amines) is 1. The SMILES string of the molecule is OCC1(CO)CN(Cc2ccc(-c3ccc(-c4nc5nc(O[C@@H]6CO[C@H]7[C@@H]6OC[C@H]7O)[nH]c5cc4Cl)cc3)cc2)C1. The summed E-state index contributed by atoms with van der Waals surface area (Å²) in [5.74, 6) is 0. The summed E-state index contributed by atoms with van der Waals surface area (Å²) in [6.45, 7) is 2.77. The molecule has 41 heavy (non-hydrogen) atoms. The maximum Gasteiger partial charge on any atom is 0.296 e. The highest BCUT2D eigenvalue weighted by molar-refractivity contribution is 6.33. The van der Waals surface area contributed by atoms with E-state index in [1.807, 2.05) is 24.3 Å². The first-order chi connectivity index (χ1) is 19.9. The molecule has 3 fully saturated rings. The van der Waals surface area contributed by atoms with E-state index < -0.39 is 6.10 Å². The first-order valence-electron chi connectivity index (χ1n) is 13.7. The molecular weight excluding hydrogens is 548 g/mol. The van der Waals surface area contributed by atoms with E-state index in [9.17, 15) is 15.3 Å². The summed E-state index contributed by atoms with van der Waals surface area (Å²) in [5, 5.41) is 29.4. The molecule has 0 saturated carbocycles. The molecule has 3 aliphatic heterocycles. The molecule has 0 amide bonds. The summed E-state index contributed by atoms with van der Waals surface area (Å²) in [4.78, 5) is 14.6. The summed E-state index contributed by atoms with van der Waals surface area (Å²) >= 11 is 6.62. The van der Waals surface area contributed by atoms with Gasteiger partial charge in [0.2, 0.25) is 0 Å². The number of hydrogen-bond acceptors (Lipinski definition) is 9. The van der Waals surface area contributed by atoms with Gasteiger partial charge in [-0.05, 0) is 22.8 Å². The minimum Gasteiger partial charge on any atom is -0.456 e. The molecule has 0 bridgehead atoms. The Morgan fingerprint density at radius 2 is 1.59 bits per heavy atom. The van der Waals surface area contributed by atoms with E-state index in [2.05, 4.69) is 39.1 Å². The van der Waals surface area contributed by atoms with Gasteiger partial charge in [0, 0.05) is 30.6 Å². The van der Waals surface area contributed by atoms with Crippen molar-refractivity contribution in [2.24, 2.45) is 5.41 Å². The highest BCUT2D eigenvalue weighted by atomic mass is 35.5. The van der Waals surface area contributed by atoms with Gasteiger partial charge in [0.1, 0.15) is 18.3 Å². The van der Waals surface area contributed by atoms with Crippen molar-refractivity contribution in [3.05, 3.63) is 65.2 Å². The number of imidazole rings is 1. The van der Waals surface area contributed by atoms with Crippen LogP contribution in [0.4, 0.5) is 0 Å². The summed E-state index contributed by atoms with van der Waals surface area (Å²) in [6, 6.07) is 18.6. The summed E-state index contributed by atoms with van der Waals surface area (Å²) < 4.78 is 17.3. The molecular formula is C30H31ClN4O6. The lowest BCUT2D eigenvalue weighted by Gasteiger charge is -2.48. The second-order valence-electron chi connectivity index (χ2n) is 11.3. The van der Waals surface area contributed by atoms with Gasteiger partial charge in [0.15, 0.2) is 11.8 Å². The second kappa shape index (κ2) is 10.6. The maximum atomic E-state index is 9.96. The second-order valence-corrected chi connectivity index (χ2v) is 11.7. The van der Waals surface area contributed by atoms with E-state index in [-0.39, 0.29) is 43.5 Å². The average Bonchev–Trinajstić information content (AvgIpc) is 3.67. The maximum absolute atomic E-state index is 9.96. The van der Waals surface area contributed by atoms with Gasteiger partial charge < -0.3 is 34.5 Å². The van der Waals surface area contributed by atoms with Crippen LogP contribution in [-0.2, 0) is 16.0 Å². The van der Waals surface area contributed by atoms with Crippen LogP contribution in [0.25, 0.3) is 33.5 Å². The molecule has 3 saturated heterocycles. The minimum atomic E-state index is -0.643. The Balaban J connectivity index is 1.03. The molecule has 214 valence electrons. The Morgan fingerprint density at radius 3 is 2.29 bits per heavy atom. The molecule has 10 nitrogen and oxygen atoms in total. The van der Waals surface area contributed by atoms with E-state index in [1.54, 1.807) is 6.07 Å². The topological polar surface area (TPSA) is 133 Å². The predicted molar refractivity (Wildman–Crippen MR) is 152 cm³/mol. The highest BCUT2D eigenvalue weighted by Gasteiger charge is 2.48. The smallest absolute Gasteiger partial charge is 0.296 e. The number of hydrogen-bond donors (Lipinski definition) is 4. The van der Waals surface area contributed by atoms with Crippen molar-refractivity contribution < 1.29 is 29.5 Å². The molecule has 5 heterocycles. The van der Waals surface area contributed by atoms with Crippen LogP contribution in [0, 0.1) is 5.41 Å². The summed E-state index contributed by atoms with van der Waals surface area (Å²) in [6.07, 6.45) is -1.73. The van der Waals surface area contributed by atoms with Gasteiger partial charge in [0.25, 0.3) is 6.01 Å². The monoisotopic (exact) mass is 578 g/mol. The largest absolute Gasteiger partial charge is 0.456 e. The van der Waals surface area contributed by atoms with Crippen LogP contribution < -0.4 is 4.74 Å². The Hall–Kier alpha value is -3.09. The molecule has 0 unspecified atom stereocenters. The first kappa shape index (κ1) is 26.8. The van der Waals surface area contributed by atoms with Gasteiger partial charge in [-0.25, -0.2) is 4.98 Å². The quantitative estimate of drug-likeness (QED) is 0.249. The van der Waals surface area contributed by atoms with Gasteiger partial charge >= 0.3 is 0 Å². The third-order valence-electron chi connectivity index (χ3n) is 8.29. The fourth-order valence-electron chi connectivity index (χ4n) is 5.99. The predicted octanol–water partition coefficient (Wildman–Crippen LogP) is 2.64. The number of halogens is 1. The van der Waals surface area contributed by atoms with Crippen molar-refractivity contribution in [2.45, 2.75) is 31.0 Å². The van der Waals surface area contributed by atoms with Crippen LogP contribution >= 0.6 is 11.6 Å². The van der Waals surface area contributed by atoms with E-state index in [0.717, 1.165) is 23.2 Å². The lowest BCUT2D eigenvalue weighted by atomic mass is 9.81. The van der Waals surface area contributed by atoms with Gasteiger partial charge in [-0.15, -0.1) is 0 Å². The number of aromatic nitrogens is 3. The Bertz CT molecular complexity index is 1530. The van der Waals surface area contributed by atoms with Gasteiger partial charge in [-0.3, -0.25) is 4.90 Å². The molecule has 0 radical (unpaired) electrons. The normalized spacial score (nSPS) is 25.4. The molecule has 4 atom stereocenters. The molecule has 0 spiro atoms. The number of H-pyrrole nitrogens is 1. The van der Waals surface area contributed by atoms with Crippen LogP contribution in [0.5, 0.6) is 6.01 Å². The van der Waals surface area contributed by atoms with Gasteiger partial charge in [0.05, 0.1) is 42.7 Å². The molecule has 11 heteroatoms. The van der Waals surface area contributed by atoms with Crippen LogP contribution in [0.3, 0.4) is 0 Å². The highest BCUT2D eigenvalue weighted by Crippen LogP contribution is 2.34. The van der Waals surface area contributed by atoms with Crippen LogP contribution in [-0.4, -0.2) is 99.1 Å². The number of pyridine rings is 1. The fraction of sp³-hybridized carbons (Fsp3) is 0.400. The number of nitrogens with one attached hydrogen (secondary N) is 1. The number of nitrogens with zero attached hydrogens (tertiary/aromatic N) is 3. The lowest BCUT2D eigenvalue weighted by Crippen LogP contribution is -2.59. The Kier molecular flexibility index (Phi) is 6.95. The number of aliphatic hydroxyl groups is 3. The Labute approximate surface area is 241 Å². The van der Waals surface area contributed by atoms with Gasteiger partial charge in [-0.2, -0.15) is 4.98 Å². The summed E-state index contributed by atoms with van der Waals surface area (Å²) in [5.41, 5.74) is 5.65. The van der Waals surface area contributed by atoms with Crippen molar-refractivity contribution in [1.82, 2.24) is 19.9 Å². The van der Waals surface area contributed by atoms with Crippen molar-refractivity contribution in [1.29, 1.82) is 0 Å². The van der Waals surface area contributed by atoms with Crippen LogP contribution in [0.2, 0.25) is 5.02 Å². The fourth-order valence-corrected chi connectivity index (χ4v) is 6.25. The first-order valence-corrected chi connectivity index (χ1v) is 14.1. The zero-order valence-electron chi connectivity index (χ0n) is 22.2. The summed E-state index contributed by atoms with van der Waals surface area (Å²) in [7, 11) is 0. The van der Waals surface area contributed by atoms with Crippen LogP contribution in [0.15, 0.2) is 54.6 Å². The zero-order valence-corrected chi connectivity index (χ0v) is 23.0. The minimum absolute atomic E-state index is 0.0138. The third-order valence-corrected chi connectivity index (χ3v) is 8.58. The number of rotatable bonds is 8. The number of aliphatic hydroxyl groups excluding tert-OH is 3. The van der Waals surface area contributed by atoms with E-state index in [0.29, 0.717) is 47.6 Å². The molecule has 2 aromatic carbocycles. The molecule has 2 aromatic heterocycles. The van der Waals surface area contributed by atoms with E-state index >= 15 is 0 Å². The zero-order chi connectivity index (χ0) is 28.1. The molecule has 4 N–H and O–H groups in total. The van der Waals surface area contributed by atoms with Crippen molar-refractivity contribution >= 4 is 22.8 Å². The Morgan fingerprint density at radius 1 is 0.927 bits per heavy atom. The van der Waals surface area contributed by atoms with Crippen molar-refractivity contribution in [2.75, 3.05) is 39.5 Å². The average molecular weight is 579 g/mol. The van der Waals surface area contributed by atoms with Crippen molar-refractivity contribution in [3.8, 4) is 28.4 Å². The van der Waals surface area contributed by atoms with Gasteiger partial charge in [-0.1, -0.05) is 60.1 Å². The third kappa shape index (κ3) is 4.99. The van der Waals surface area contributed by atoms with Crippen LogP contribution in [0.1, 0.15) is 5.56 Å². The van der Waals surface area contributed by atoms with Crippen molar-refractivity contribution in [3.63, 3.8) is 0 Å². The van der Waals surface area contributed by atoms with E-state index in [4.69, 9.17) is 30.8 Å². The number of ether oxygens (including phenoxy) is 3. The lowest BCUT2D eigenvalue weighted by molar-refractivity contribution is -0.0786.